The van der Waals surface area contributed by atoms with E-state index in [-0.39, 0.29) is 80.8 Å². The number of rotatable bonds is 17. The molecule has 370 valence electrons. The molecule has 6 aromatic rings. The number of nitrogens with zero attached hydrogens (tertiary/aromatic N) is 10. The molecule has 4 aromatic carbocycles. The summed E-state index contributed by atoms with van der Waals surface area (Å²) in [5.41, 5.74) is -1.50. The van der Waals surface area contributed by atoms with Crippen LogP contribution in [-0.4, -0.2) is 126 Å². The van der Waals surface area contributed by atoms with Crippen LogP contribution in [-0.2, 0) is 27.5 Å². The van der Waals surface area contributed by atoms with Gasteiger partial charge in [-0.25, -0.2) is 19.6 Å². The molecular formula is C40H48CrN12O15S. The van der Waals surface area contributed by atoms with Crippen molar-refractivity contribution in [3.8, 4) is 22.9 Å². The van der Waals surface area contributed by atoms with Crippen LogP contribution < -0.4 is 21.8 Å². The Labute approximate surface area is 404 Å². The molecule has 6 rings (SSSR count). The predicted octanol–water partition coefficient (Wildman–Crippen LogP) is 3.17. The van der Waals surface area contributed by atoms with E-state index in [1.54, 1.807) is 61.5 Å². The summed E-state index contributed by atoms with van der Waals surface area (Å²) in [5.74, 6) is -1.34. The molecule has 29 heteroatoms. The van der Waals surface area contributed by atoms with Gasteiger partial charge >= 0.3 is 2.85 Å². The Hall–Kier alpha value is -7.30. The third kappa shape index (κ3) is 17.4. The first-order valence-corrected chi connectivity index (χ1v) is 21.1. The second-order valence-corrected chi connectivity index (χ2v) is 14.6. The minimum Gasteiger partial charge on any atom is -0.506 e. The fourth-order valence-electron chi connectivity index (χ4n) is 5.15. The maximum atomic E-state index is 12.5. The number of azo groups is 2. The summed E-state index contributed by atoms with van der Waals surface area (Å²) in [6.45, 7) is 5.91. The quantitative estimate of drug-likeness (QED) is 0.0158. The summed E-state index contributed by atoms with van der Waals surface area (Å²) in [7, 11) is -4.98. The Morgan fingerprint density at radius 2 is 1.04 bits per heavy atom. The summed E-state index contributed by atoms with van der Waals surface area (Å²) < 4.78 is 34.1. The molecule has 0 aliphatic heterocycles. The number of non-ortho nitro benzene ring substituents is 2. The van der Waals surface area contributed by atoms with E-state index in [0.29, 0.717) is 49.3 Å². The number of hydrogen-bond acceptors (Lipinski definition) is 22. The number of aryl methyl sites for hydroxylation is 2. The molecule has 0 bridgehead atoms. The van der Waals surface area contributed by atoms with Gasteiger partial charge in [-0.15, -0.1) is 11.4 Å². The van der Waals surface area contributed by atoms with E-state index >= 15 is 0 Å². The van der Waals surface area contributed by atoms with Crippen LogP contribution in [0.1, 0.15) is 14.2 Å². The SMILES string of the molecule is Cc1nn(-c2ccccc2)c(=O)[c-]1N=Nc1cc([N+](=O)[O-])cc(S(=O)(=O)O)c1O.Cc1nn(-c2ccccc2)c(=O)[c-]1N=Nc1cc([N+](=O)[O-])ccc1O.OCCNCCO.OCCNCCO.[Cr].[H+].[H+]. The smallest absolute Gasteiger partial charge is 0.506 e. The summed E-state index contributed by atoms with van der Waals surface area (Å²) in [6, 6.07) is 21.8. The van der Waals surface area contributed by atoms with Crippen molar-refractivity contribution in [3.63, 3.8) is 0 Å². The van der Waals surface area contributed by atoms with Crippen LogP contribution in [0.2, 0.25) is 0 Å². The van der Waals surface area contributed by atoms with Crippen molar-refractivity contribution in [1.82, 2.24) is 30.2 Å². The van der Waals surface area contributed by atoms with Gasteiger partial charge < -0.3 is 61.1 Å². The van der Waals surface area contributed by atoms with Gasteiger partial charge in [0, 0.05) is 67.8 Å². The molecule has 0 saturated carbocycles. The minimum atomic E-state index is -4.98. The summed E-state index contributed by atoms with van der Waals surface area (Å²) in [5, 5.41) is 103. The maximum Gasteiger partial charge on any atom is 1.00 e. The van der Waals surface area contributed by atoms with E-state index in [1.165, 1.54) is 11.6 Å². The van der Waals surface area contributed by atoms with E-state index in [4.69, 9.17) is 25.0 Å². The number of nitro groups is 2. The van der Waals surface area contributed by atoms with Gasteiger partial charge in [-0.2, -0.15) is 18.6 Å². The van der Waals surface area contributed by atoms with E-state index in [1.807, 2.05) is 6.07 Å². The molecule has 9 N–H and O–H groups in total. The van der Waals surface area contributed by atoms with Gasteiger partial charge in [-0.1, -0.05) is 61.6 Å². The number of nitro benzene ring substituents is 2. The Morgan fingerprint density at radius 1 is 0.652 bits per heavy atom. The van der Waals surface area contributed by atoms with E-state index in [9.17, 15) is 48.4 Å². The zero-order valence-electron chi connectivity index (χ0n) is 38.5. The number of nitrogens with one attached hydrogen (secondary N) is 2. The first-order valence-electron chi connectivity index (χ1n) is 19.7. The first-order chi connectivity index (χ1) is 32.4. The number of aliphatic hydroxyl groups excluding tert-OH is 4. The monoisotopic (exact) mass is 1020 g/mol. The van der Waals surface area contributed by atoms with Crippen molar-refractivity contribution in [2.75, 3.05) is 52.6 Å². The van der Waals surface area contributed by atoms with E-state index < -0.39 is 53.1 Å². The molecule has 0 saturated heterocycles. The fourth-order valence-corrected chi connectivity index (χ4v) is 5.77. The predicted molar refractivity (Wildman–Crippen MR) is 244 cm³/mol. The number of para-hydroxylation sites is 2. The molecule has 0 unspecified atom stereocenters. The molecule has 0 atom stereocenters. The van der Waals surface area contributed by atoms with Gasteiger partial charge in [-0.3, -0.25) is 24.8 Å². The maximum absolute atomic E-state index is 12.5. The molecule has 69 heavy (non-hydrogen) atoms. The third-order valence-corrected chi connectivity index (χ3v) is 9.21. The van der Waals surface area contributed by atoms with Gasteiger partial charge in [0.25, 0.3) is 21.5 Å². The molecule has 0 aliphatic rings. The second-order valence-electron chi connectivity index (χ2n) is 13.2. The average Bonchev–Trinajstić information content (AvgIpc) is 3.77. The van der Waals surface area contributed by atoms with Crippen LogP contribution in [0.15, 0.2) is 126 Å². The number of phenolic OH excluding ortho intramolecular Hbond substituents is 2. The average molecular weight is 1020 g/mol. The fraction of sp³-hybridized carbons (Fsp3) is 0.250. The van der Waals surface area contributed by atoms with Crippen molar-refractivity contribution in [1.29, 1.82) is 0 Å². The van der Waals surface area contributed by atoms with Gasteiger partial charge in [0.15, 0.2) is 5.75 Å². The zero-order valence-corrected chi connectivity index (χ0v) is 38.6. The van der Waals surface area contributed by atoms with Crippen molar-refractivity contribution in [3.05, 3.63) is 143 Å². The van der Waals surface area contributed by atoms with Crippen LogP contribution in [0.4, 0.5) is 34.1 Å². The topological polar surface area (TPSA) is 405 Å². The Balaban J connectivity index is 0.00000106. The molecule has 2 aromatic heterocycles. The second kappa shape index (κ2) is 28.8. The van der Waals surface area contributed by atoms with E-state index in [2.05, 4.69) is 41.3 Å². The third-order valence-electron chi connectivity index (χ3n) is 8.34. The van der Waals surface area contributed by atoms with Gasteiger partial charge in [0.05, 0.1) is 47.6 Å². The summed E-state index contributed by atoms with van der Waals surface area (Å²) in [4.78, 5) is 44.1. The Morgan fingerprint density at radius 3 is 1.42 bits per heavy atom. The molecule has 0 aliphatic carbocycles. The molecule has 0 radical (unpaired) electrons. The molecular weight excluding hydrogens is 973 g/mol. The van der Waals surface area contributed by atoms with Crippen LogP contribution in [0.3, 0.4) is 0 Å². The van der Waals surface area contributed by atoms with Gasteiger partial charge in [-0.05, 0) is 30.3 Å². The first kappa shape index (κ1) is 57.8. The van der Waals surface area contributed by atoms with Gasteiger partial charge in [0.1, 0.15) is 33.1 Å². The largest absolute Gasteiger partial charge is 1.00 e. The molecule has 0 amide bonds. The summed E-state index contributed by atoms with van der Waals surface area (Å²) >= 11 is 0. The number of hydrogen-bond donors (Lipinski definition) is 9. The summed E-state index contributed by atoms with van der Waals surface area (Å²) in [6.07, 6.45) is 0. The van der Waals surface area contributed by atoms with Crippen LogP contribution in [0, 0.1) is 34.1 Å². The standard InChI is InChI=1S/C16H12N5O7S.C16H12N5O4.2C4H11NO2.Cr/c1-9-14(16(23)20(19-9)10-5-3-2-4-6-10)18-17-12-7-11(21(24)25)8-13(15(12)22)29(26,27)28;1-10-15(16(23)20(19-10)11-5-3-2-4-6-11)18-17-13-9-12(21(24)25)7-8-14(13)22;2*6-3-1-5-2-4-7;/h2-8,22H,1H3,(H,26,27,28);2-9,22H,1H3;2*5-7H,1-4H2;/q2*-1;;;/p+2. The number of aromatic nitrogens is 4. The van der Waals surface area contributed by atoms with Crippen molar-refractivity contribution in [2.45, 2.75) is 18.7 Å². The molecule has 2 heterocycles. The number of aromatic hydroxyl groups is 2. The van der Waals surface area contributed by atoms with Crippen molar-refractivity contribution >= 4 is 44.2 Å². The number of benzene rings is 4. The zero-order chi connectivity index (χ0) is 50.4. The van der Waals surface area contributed by atoms with Crippen LogP contribution >= 0.6 is 0 Å². The minimum absolute atomic E-state index is 0. The molecule has 0 fully saturated rings. The van der Waals surface area contributed by atoms with Crippen LogP contribution in [0.25, 0.3) is 11.4 Å². The van der Waals surface area contributed by atoms with Gasteiger partial charge in [0.2, 0.25) is 0 Å². The van der Waals surface area contributed by atoms with Crippen molar-refractivity contribution < 1.29 is 73.7 Å². The van der Waals surface area contributed by atoms with Crippen LogP contribution in [0.5, 0.6) is 11.5 Å². The van der Waals surface area contributed by atoms with Crippen molar-refractivity contribution in [2.24, 2.45) is 20.5 Å². The van der Waals surface area contributed by atoms with E-state index in [0.717, 1.165) is 28.9 Å². The Bertz CT molecular complexity index is 2890. The molecule has 27 nitrogen and oxygen atoms in total. The number of aliphatic hydroxyl groups is 4. The number of phenols is 2. The normalized spacial score (nSPS) is 10.9. The molecule has 0 spiro atoms. The Kier molecular flexibility index (Phi) is 24.1.